The first kappa shape index (κ1) is 14.7. The Bertz CT molecular complexity index is 599. The highest BCUT2D eigenvalue weighted by Gasteiger charge is 2.10. The molecular formula is C12H9Br2ClFN3. The van der Waals surface area contributed by atoms with Crippen molar-refractivity contribution < 1.29 is 4.39 Å². The largest absolute Gasteiger partial charge is 0.338 e. The van der Waals surface area contributed by atoms with Gasteiger partial charge in [0.15, 0.2) is 0 Å². The van der Waals surface area contributed by atoms with Crippen LogP contribution in [0.4, 0.5) is 15.9 Å². The Morgan fingerprint density at radius 2 is 2.00 bits per heavy atom. The topological polar surface area (TPSA) is 37.8 Å². The average molecular weight is 409 g/mol. The molecule has 0 radical (unpaired) electrons. The minimum absolute atomic E-state index is 0.277. The summed E-state index contributed by atoms with van der Waals surface area (Å²) in [5, 5.41) is 3.33. The van der Waals surface area contributed by atoms with E-state index in [1.54, 1.807) is 6.07 Å². The van der Waals surface area contributed by atoms with Crippen molar-refractivity contribution in [3.63, 3.8) is 0 Å². The fourth-order valence-electron chi connectivity index (χ4n) is 1.48. The summed E-state index contributed by atoms with van der Waals surface area (Å²) in [7, 11) is 0. The van der Waals surface area contributed by atoms with Gasteiger partial charge >= 0.3 is 0 Å². The lowest BCUT2D eigenvalue weighted by atomic mass is 10.3. The van der Waals surface area contributed by atoms with E-state index in [1.165, 1.54) is 12.1 Å². The van der Waals surface area contributed by atoms with Crippen molar-refractivity contribution in [1.82, 2.24) is 9.97 Å². The SMILES string of the molecule is CCc1nc(Br)cc(Nc2c(Cl)cc(F)cc2Br)n1. The Hall–Kier alpha value is -0.720. The number of hydrogen-bond acceptors (Lipinski definition) is 3. The molecule has 0 bridgehead atoms. The van der Waals surface area contributed by atoms with Crippen LogP contribution in [0.5, 0.6) is 0 Å². The molecule has 0 saturated carbocycles. The lowest BCUT2D eigenvalue weighted by molar-refractivity contribution is 0.627. The summed E-state index contributed by atoms with van der Waals surface area (Å²) >= 11 is 12.6. The van der Waals surface area contributed by atoms with Crippen LogP contribution in [-0.2, 0) is 6.42 Å². The molecule has 0 spiro atoms. The summed E-state index contributed by atoms with van der Waals surface area (Å²) < 4.78 is 14.4. The molecule has 7 heteroatoms. The van der Waals surface area contributed by atoms with Gasteiger partial charge < -0.3 is 5.32 Å². The first-order chi connectivity index (χ1) is 8.99. The maximum atomic E-state index is 13.2. The molecule has 2 aromatic rings. The zero-order chi connectivity index (χ0) is 14.0. The number of nitrogens with zero attached hydrogens (tertiary/aromatic N) is 2. The van der Waals surface area contributed by atoms with Gasteiger partial charge in [0.05, 0.1) is 10.7 Å². The molecule has 0 fully saturated rings. The van der Waals surface area contributed by atoms with Gasteiger partial charge in [0.25, 0.3) is 0 Å². The van der Waals surface area contributed by atoms with Crippen molar-refractivity contribution in [3.8, 4) is 0 Å². The van der Waals surface area contributed by atoms with Gasteiger partial charge in [0, 0.05) is 17.0 Å². The molecule has 0 aliphatic heterocycles. The van der Waals surface area contributed by atoms with Crippen molar-refractivity contribution in [2.24, 2.45) is 0 Å². The van der Waals surface area contributed by atoms with Crippen molar-refractivity contribution in [2.45, 2.75) is 13.3 Å². The number of hydrogen-bond donors (Lipinski definition) is 1. The normalized spacial score (nSPS) is 10.6. The third-order valence-corrected chi connectivity index (χ3v) is 3.65. The fraction of sp³-hybridized carbons (Fsp3) is 0.167. The molecule has 2 rings (SSSR count). The average Bonchev–Trinajstić information content (AvgIpc) is 2.33. The number of anilines is 2. The molecule has 100 valence electrons. The smallest absolute Gasteiger partial charge is 0.135 e. The van der Waals surface area contributed by atoms with E-state index in [-0.39, 0.29) is 5.02 Å². The zero-order valence-electron chi connectivity index (χ0n) is 9.85. The molecule has 1 N–H and O–H groups in total. The summed E-state index contributed by atoms with van der Waals surface area (Å²) in [4.78, 5) is 8.54. The minimum Gasteiger partial charge on any atom is -0.338 e. The molecule has 0 aliphatic carbocycles. The molecule has 0 aliphatic rings. The summed E-state index contributed by atoms with van der Waals surface area (Å²) in [5.41, 5.74) is 0.565. The number of benzene rings is 1. The van der Waals surface area contributed by atoms with Crippen molar-refractivity contribution in [3.05, 3.63) is 43.9 Å². The van der Waals surface area contributed by atoms with E-state index in [4.69, 9.17) is 11.6 Å². The quantitative estimate of drug-likeness (QED) is 0.717. The van der Waals surface area contributed by atoms with Crippen LogP contribution in [0, 0.1) is 5.82 Å². The van der Waals surface area contributed by atoms with Gasteiger partial charge in [-0.05, 0) is 44.0 Å². The van der Waals surface area contributed by atoms with Crippen molar-refractivity contribution in [2.75, 3.05) is 5.32 Å². The molecule has 1 aromatic carbocycles. The monoisotopic (exact) mass is 407 g/mol. The fourth-order valence-corrected chi connectivity index (χ4v) is 2.80. The van der Waals surface area contributed by atoms with Gasteiger partial charge in [0.1, 0.15) is 22.1 Å². The highest BCUT2D eigenvalue weighted by atomic mass is 79.9. The van der Waals surface area contributed by atoms with Crippen LogP contribution in [0.15, 0.2) is 27.3 Å². The maximum absolute atomic E-state index is 13.2. The molecular weight excluding hydrogens is 400 g/mol. The highest BCUT2D eigenvalue weighted by molar-refractivity contribution is 9.10. The van der Waals surface area contributed by atoms with Crippen LogP contribution in [0.3, 0.4) is 0 Å². The third-order valence-electron chi connectivity index (χ3n) is 2.32. The van der Waals surface area contributed by atoms with Crippen molar-refractivity contribution in [1.29, 1.82) is 0 Å². The molecule has 0 atom stereocenters. The second kappa shape index (κ2) is 6.15. The van der Waals surface area contributed by atoms with Crippen LogP contribution in [0.25, 0.3) is 0 Å². The lowest BCUT2D eigenvalue weighted by Gasteiger charge is -2.11. The Morgan fingerprint density at radius 3 is 2.63 bits per heavy atom. The van der Waals surface area contributed by atoms with Gasteiger partial charge in [-0.1, -0.05) is 18.5 Å². The molecule has 3 nitrogen and oxygen atoms in total. The Morgan fingerprint density at radius 1 is 1.26 bits per heavy atom. The molecule has 19 heavy (non-hydrogen) atoms. The van der Waals surface area contributed by atoms with Crippen molar-refractivity contribution >= 4 is 55.0 Å². The summed E-state index contributed by atoms with van der Waals surface area (Å²) in [5.74, 6) is 0.889. The molecule has 0 unspecified atom stereocenters. The predicted octanol–water partition coefficient (Wildman–Crippen LogP) is 5.10. The van der Waals surface area contributed by atoms with Gasteiger partial charge in [-0.3, -0.25) is 0 Å². The second-order valence-corrected chi connectivity index (χ2v) is 5.79. The number of aryl methyl sites for hydroxylation is 1. The van der Waals surface area contributed by atoms with Crippen LogP contribution in [0.1, 0.15) is 12.7 Å². The number of rotatable bonds is 3. The van der Waals surface area contributed by atoms with Gasteiger partial charge in [-0.25, -0.2) is 14.4 Å². The van der Waals surface area contributed by atoms with E-state index in [2.05, 4.69) is 47.1 Å². The number of nitrogens with one attached hydrogen (secondary N) is 1. The molecule has 1 aromatic heterocycles. The van der Waals surface area contributed by atoms with E-state index in [0.717, 1.165) is 0 Å². The standard InChI is InChI=1S/C12H9Br2ClFN3/c1-2-10-17-9(14)5-11(18-10)19-12-7(13)3-6(16)4-8(12)15/h3-5H,2H2,1H3,(H,17,18,19). The van der Waals surface area contributed by atoms with Gasteiger partial charge in [-0.15, -0.1) is 0 Å². The predicted molar refractivity (Wildman–Crippen MR) is 81.5 cm³/mol. The Labute approximate surface area is 131 Å². The summed E-state index contributed by atoms with van der Waals surface area (Å²) in [6.07, 6.45) is 0.715. The molecule has 1 heterocycles. The van der Waals surface area contributed by atoms with Crippen LogP contribution in [-0.4, -0.2) is 9.97 Å². The van der Waals surface area contributed by atoms with Gasteiger partial charge in [0.2, 0.25) is 0 Å². The first-order valence-corrected chi connectivity index (χ1v) is 7.41. The van der Waals surface area contributed by atoms with Crippen LogP contribution in [0.2, 0.25) is 5.02 Å². The van der Waals surface area contributed by atoms with E-state index in [9.17, 15) is 4.39 Å². The third kappa shape index (κ3) is 3.64. The number of aromatic nitrogens is 2. The molecule has 0 saturated heterocycles. The summed E-state index contributed by atoms with van der Waals surface area (Å²) in [6, 6.07) is 4.31. The Kier molecular flexibility index (Phi) is 4.76. The van der Waals surface area contributed by atoms with E-state index in [1.807, 2.05) is 6.92 Å². The van der Waals surface area contributed by atoms with E-state index in [0.29, 0.717) is 32.8 Å². The Balaban J connectivity index is 2.39. The van der Waals surface area contributed by atoms with E-state index < -0.39 is 5.82 Å². The highest BCUT2D eigenvalue weighted by Crippen LogP contribution is 2.33. The minimum atomic E-state index is -0.402. The second-order valence-electron chi connectivity index (χ2n) is 3.72. The summed E-state index contributed by atoms with van der Waals surface area (Å²) in [6.45, 7) is 1.96. The van der Waals surface area contributed by atoms with Crippen LogP contribution < -0.4 is 5.32 Å². The zero-order valence-corrected chi connectivity index (χ0v) is 13.8. The maximum Gasteiger partial charge on any atom is 0.135 e. The van der Waals surface area contributed by atoms with Crippen LogP contribution >= 0.6 is 43.5 Å². The van der Waals surface area contributed by atoms with Gasteiger partial charge in [-0.2, -0.15) is 0 Å². The molecule has 0 amide bonds. The lowest BCUT2D eigenvalue weighted by Crippen LogP contribution is -2.01. The number of halogens is 4. The van der Waals surface area contributed by atoms with E-state index >= 15 is 0 Å². The first-order valence-electron chi connectivity index (χ1n) is 5.44.